The van der Waals surface area contributed by atoms with Crippen LogP contribution in [0.3, 0.4) is 0 Å². The van der Waals surface area contributed by atoms with Gasteiger partial charge in [0.2, 0.25) is 0 Å². The van der Waals surface area contributed by atoms with Gasteiger partial charge in [-0.15, -0.1) is 0 Å². The molecule has 8 aromatic carbocycles. The Bertz CT molecular complexity index is 3530. The summed E-state index contributed by atoms with van der Waals surface area (Å²) >= 11 is 0. The molecule has 0 fully saturated rings. The maximum atomic E-state index is 2.81. The Kier molecular flexibility index (Phi) is 7.01. The fraction of sp³-hybridized carbons (Fsp3) is 0.276. The monoisotopic (exact) mass is 790 g/mol. The first kappa shape index (κ1) is 37.0. The molecule has 2 aromatic heterocycles. The molecular formula is C58H55BN2. The summed E-state index contributed by atoms with van der Waals surface area (Å²) in [5.41, 5.74) is 18.9. The van der Waals surface area contributed by atoms with Crippen LogP contribution in [-0.2, 0) is 21.7 Å². The Morgan fingerprint density at radius 1 is 0.459 bits per heavy atom. The molecule has 0 N–H and O–H groups in total. The Morgan fingerprint density at radius 2 is 1.10 bits per heavy atom. The van der Waals surface area contributed by atoms with Gasteiger partial charge in [0, 0.05) is 43.7 Å². The van der Waals surface area contributed by atoms with Gasteiger partial charge in [-0.3, -0.25) is 0 Å². The molecule has 0 radical (unpaired) electrons. The van der Waals surface area contributed by atoms with Gasteiger partial charge in [0.25, 0.3) is 0 Å². The highest BCUT2D eigenvalue weighted by molar-refractivity contribution is 6.90. The number of nitrogens with zero attached hydrogens (tertiary/aromatic N) is 2. The van der Waals surface area contributed by atoms with E-state index in [0.29, 0.717) is 0 Å². The van der Waals surface area contributed by atoms with Gasteiger partial charge in [-0.25, -0.2) is 0 Å². The Morgan fingerprint density at radius 3 is 1.75 bits per heavy atom. The van der Waals surface area contributed by atoms with Gasteiger partial charge in [0.1, 0.15) is 0 Å². The second-order valence-electron chi connectivity index (χ2n) is 22.6. The zero-order chi connectivity index (χ0) is 42.4. The van der Waals surface area contributed by atoms with E-state index in [0.717, 1.165) is 0 Å². The second-order valence-corrected chi connectivity index (χ2v) is 22.6. The minimum Gasteiger partial charge on any atom is -0.375 e. The van der Waals surface area contributed by atoms with Gasteiger partial charge in [0.15, 0.2) is 0 Å². The van der Waals surface area contributed by atoms with Crippen LogP contribution in [0.5, 0.6) is 0 Å². The molecule has 2 aliphatic rings. The van der Waals surface area contributed by atoms with E-state index in [1.54, 1.807) is 0 Å². The topological polar surface area (TPSA) is 9.86 Å². The van der Waals surface area contributed by atoms with Crippen molar-refractivity contribution in [2.75, 3.05) is 0 Å². The van der Waals surface area contributed by atoms with Crippen molar-refractivity contribution in [3.63, 3.8) is 0 Å². The van der Waals surface area contributed by atoms with Crippen molar-refractivity contribution in [2.24, 2.45) is 0 Å². The molecule has 0 aliphatic carbocycles. The summed E-state index contributed by atoms with van der Waals surface area (Å²) in [5.74, 6) is 0. The third-order valence-corrected chi connectivity index (χ3v) is 14.5. The zero-order valence-electron chi connectivity index (χ0n) is 37.9. The van der Waals surface area contributed by atoms with Crippen molar-refractivity contribution in [3.05, 3.63) is 138 Å². The minimum absolute atomic E-state index is 0.0162. The standard InChI is InChI=1S/C58H55BN2/c1-55(2,3)35-23-26-45-42(29-35)43-30-37(57(7,8)9)31-44-53(43)60(45)54-40-25-22-34-28-36(56(4,5)6)27-33-21-24-38(47(40)46(33)34)48-39-19-16-20-41-49(58(10,11)12)51(32-17-14-13-15-18-32)61(52(39)41)59(44)50(48)54/h13-31H,1-12H3. The zero-order valence-corrected chi connectivity index (χ0v) is 37.9. The first-order chi connectivity index (χ1) is 28.8. The molecule has 0 bridgehead atoms. The number of fused-ring (bicyclic) bond motifs is 9. The predicted octanol–water partition coefficient (Wildman–Crippen LogP) is 14.4. The van der Waals surface area contributed by atoms with Crippen molar-refractivity contribution in [2.45, 2.75) is 105 Å². The fourth-order valence-electron chi connectivity index (χ4n) is 11.6. The molecule has 0 saturated carbocycles. The maximum Gasteiger partial charge on any atom is 0.333 e. The molecular weight excluding hydrogens is 735 g/mol. The number of aromatic nitrogens is 2. The molecule has 4 heterocycles. The number of rotatable bonds is 1. The molecule has 3 heteroatoms. The molecule has 300 valence electrons. The lowest BCUT2D eigenvalue weighted by Gasteiger charge is -2.37. The highest BCUT2D eigenvalue weighted by Crippen LogP contribution is 2.52. The minimum atomic E-state index is -0.114. The third-order valence-electron chi connectivity index (χ3n) is 14.5. The summed E-state index contributed by atoms with van der Waals surface area (Å²) in [7, 11) is 0. The smallest absolute Gasteiger partial charge is 0.333 e. The number of hydrogen-bond acceptors (Lipinski definition) is 0. The molecule has 12 rings (SSSR count). The van der Waals surface area contributed by atoms with E-state index >= 15 is 0 Å². The van der Waals surface area contributed by atoms with Crippen molar-refractivity contribution in [1.29, 1.82) is 0 Å². The highest BCUT2D eigenvalue weighted by atomic mass is 15.0. The SMILES string of the molecule is CC(C)(C)c1cc2ccc3c4c5c(c6ccc(c1)c2c36)-n1c2ccc(C(C)(C)C)cc2c2cc(C(C)(C)C)cc(c21)B5n1c(-c2ccccc2)c(C(C)(C)C)c2cccc-4c21. The van der Waals surface area contributed by atoms with Crippen molar-refractivity contribution < 1.29 is 0 Å². The highest BCUT2D eigenvalue weighted by Gasteiger charge is 2.46. The van der Waals surface area contributed by atoms with Crippen LogP contribution in [0, 0.1) is 0 Å². The van der Waals surface area contributed by atoms with Gasteiger partial charge >= 0.3 is 6.85 Å². The van der Waals surface area contributed by atoms with Gasteiger partial charge in [0.05, 0.1) is 16.7 Å². The number of hydrogen-bond donors (Lipinski definition) is 0. The van der Waals surface area contributed by atoms with E-state index in [4.69, 9.17) is 0 Å². The number of benzene rings is 8. The molecule has 2 aliphatic heterocycles. The quantitative estimate of drug-likeness (QED) is 0.116. The van der Waals surface area contributed by atoms with Gasteiger partial charge in [-0.2, -0.15) is 0 Å². The number of para-hydroxylation sites is 1. The van der Waals surface area contributed by atoms with Gasteiger partial charge in [-0.1, -0.05) is 180 Å². The lowest BCUT2D eigenvalue weighted by atomic mass is 9.44. The van der Waals surface area contributed by atoms with Crippen molar-refractivity contribution in [1.82, 2.24) is 9.05 Å². The second kappa shape index (κ2) is 11.6. The Labute approximate surface area is 360 Å². The van der Waals surface area contributed by atoms with E-state index < -0.39 is 0 Å². The Hall–Kier alpha value is -5.80. The van der Waals surface area contributed by atoms with Crippen LogP contribution in [0.25, 0.3) is 93.1 Å². The van der Waals surface area contributed by atoms with Gasteiger partial charge < -0.3 is 9.05 Å². The molecule has 0 saturated heterocycles. The molecule has 2 nitrogen and oxygen atoms in total. The average molecular weight is 791 g/mol. The maximum absolute atomic E-state index is 2.81. The molecule has 0 spiro atoms. The summed E-state index contributed by atoms with van der Waals surface area (Å²) in [4.78, 5) is 0. The lowest BCUT2D eigenvalue weighted by molar-refractivity contribution is 0.590. The first-order valence-corrected chi connectivity index (χ1v) is 22.5. The molecule has 0 amide bonds. The summed E-state index contributed by atoms with van der Waals surface area (Å²) in [5, 5.41) is 12.2. The molecule has 0 atom stereocenters. The van der Waals surface area contributed by atoms with Gasteiger partial charge in [-0.05, 0) is 106 Å². The Balaban J connectivity index is 1.38. The summed E-state index contributed by atoms with van der Waals surface area (Å²) < 4.78 is 5.52. The van der Waals surface area contributed by atoms with Crippen LogP contribution in [0.15, 0.2) is 115 Å². The van der Waals surface area contributed by atoms with Crippen molar-refractivity contribution >= 4 is 82.8 Å². The third kappa shape index (κ3) is 4.81. The molecule has 0 unspecified atom stereocenters. The van der Waals surface area contributed by atoms with Crippen molar-refractivity contribution in [3.8, 4) is 28.1 Å². The van der Waals surface area contributed by atoms with Crippen LogP contribution in [0.4, 0.5) is 0 Å². The van der Waals surface area contributed by atoms with E-state index in [1.807, 2.05) is 0 Å². The first-order valence-electron chi connectivity index (χ1n) is 22.5. The van der Waals surface area contributed by atoms with E-state index in [9.17, 15) is 0 Å². The van der Waals surface area contributed by atoms with Crippen LogP contribution < -0.4 is 10.9 Å². The van der Waals surface area contributed by atoms with Crippen LogP contribution in [-0.4, -0.2) is 15.9 Å². The van der Waals surface area contributed by atoms with E-state index in [1.165, 1.54) is 126 Å². The summed E-state index contributed by atoms with van der Waals surface area (Å²) in [6.45, 7) is 28.4. The van der Waals surface area contributed by atoms with Crippen LogP contribution in [0.2, 0.25) is 0 Å². The lowest BCUT2D eigenvalue weighted by Crippen LogP contribution is -2.56. The van der Waals surface area contributed by atoms with Crippen LogP contribution >= 0.6 is 0 Å². The van der Waals surface area contributed by atoms with E-state index in [-0.39, 0.29) is 28.5 Å². The molecule has 10 aromatic rings. The largest absolute Gasteiger partial charge is 0.375 e. The predicted molar refractivity (Wildman–Crippen MR) is 266 cm³/mol. The molecule has 61 heavy (non-hydrogen) atoms. The fourth-order valence-corrected chi connectivity index (χ4v) is 11.6. The van der Waals surface area contributed by atoms with E-state index in [2.05, 4.69) is 207 Å². The normalized spacial score (nSPS) is 14.2. The average Bonchev–Trinajstić information content (AvgIpc) is 3.73. The summed E-state index contributed by atoms with van der Waals surface area (Å²) in [6.07, 6.45) is 0. The summed E-state index contributed by atoms with van der Waals surface area (Å²) in [6, 6.07) is 45.7. The van der Waals surface area contributed by atoms with Crippen LogP contribution in [0.1, 0.15) is 105 Å².